The number of hydrogen-bond acceptors (Lipinski definition) is 4. The highest BCUT2D eigenvalue weighted by Gasteiger charge is 2.20. The van der Waals surface area contributed by atoms with Crippen LogP contribution in [0.3, 0.4) is 0 Å². The number of carbonyl (C=O) groups excluding carboxylic acids is 1. The Balaban J connectivity index is 1.51. The molecule has 0 spiro atoms. The molecule has 1 amide bonds. The van der Waals surface area contributed by atoms with Gasteiger partial charge in [-0.1, -0.05) is 0 Å². The van der Waals surface area contributed by atoms with Gasteiger partial charge < -0.3 is 5.32 Å². The monoisotopic (exact) mass is 493 g/mol. The van der Waals surface area contributed by atoms with Crippen molar-refractivity contribution in [2.75, 3.05) is 5.32 Å². The molecule has 140 valence electrons. The maximum Gasteiger partial charge on any atom is 0.262 e. The fourth-order valence-corrected chi connectivity index (χ4v) is 5.41. The van der Waals surface area contributed by atoms with Gasteiger partial charge in [-0.15, -0.1) is 11.3 Å². The first-order valence-corrected chi connectivity index (χ1v) is 11.0. The van der Waals surface area contributed by atoms with Crippen LogP contribution in [0.1, 0.15) is 35.3 Å². The zero-order chi connectivity index (χ0) is 19.0. The van der Waals surface area contributed by atoms with Crippen LogP contribution in [-0.2, 0) is 24.2 Å². The number of aromatic nitrogens is 2. The normalized spacial score (nSPS) is 13.6. The van der Waals surface area contributed by atoms with Crippen molar-refractivity contribution in [2.24, 2.45) is 0 Å². The molecule has 5 nitrogen and oxygen atoms in total. The molecule has 1 N–H and O–H groups in total. The summed E-state index contributed by atoms with van der Waals surface area (Å²) in [6, 6.07) is 5.90. The summed E-state index contributed by atoms with van der Waals surface area (Å²) in [5.41, 5.74) is 3.01. The second-order valence-corrected chi connectivity index (χ2v) is 9.22. The number of carbonyl (C=O) groups is 1. The van der Waals surface area contributed by atoms with Crippen molar-refractivity contribution in [3.05, 3.63) is 54.5 Å². The van der Waals surface area contributed by atoms with Gasteiger partial charge >= 0.3 is 0 Å². The predicted octanol–water partition coefficient (Wildman–Crippen LogP) is 4.28. The Bertz CT molecular complexity index is 1090. The third-order valence-corrected chi connectivity index (χ3v) is 6.85. The number of amides is 1. The molecule has 2 heterocycles. The van der Waals surface area contributed by atoms with Crippen molar-refractivity contribution >= 4 is 55.7 Å². The lowest BCUT2D eigenvalue weighted by atomic mass is 9.97. The molecule has 3 aromatic rings. The molecule has 0 atom stereocenters. The molecule has 0 radical (unpaired) electrons. The quantitative estimate of drug-likeness (QED) is 0.552. The fraction of sp³-hybridized carbons (Fsp3) is 0.350. The van der Waals surface area contributed by atoms with Gasteiger partial charge in [-0.05, 0) is 84.5 Å². The van der Waals surface area contributed by atoms with Gasteiger partial charge in [0.15, 0.2) is 0 Å². The molecule has 1 aliphatic carbocycles. The third-order valence-electron chi connectivity index (χ3n) is 4.98. The molecule has 7 heteroatoms. The minimum absolute atomic E-state index is 0.0161. The SMILES string of the molecule is Cc1cc(I)ccc1NC(=O)CCn1cnc2sc3c(c2c1=O)CCCC3. The van der Waals surface area contributed by atoms with Crippen LogP contribution in [0, 0.1) is 10.5 Å². The number of nitrogens with one attached hydrogen (secondary N) is 1. The Kier molecular flexibility index (Phi) is 5.32. The van der Waals surface area contributed by atoms with Crippen molar-refractivity contribution in [3.63, 3.8) is 0 Å². The summed E-state index contributed by atoms with van der Waals surface area (Å²) in [6.45, 7) is 2.31. The summed E-state index contributed by atoms with van der Waals surface area (Å²) in [5.74, 6) is -0.0985. The minimum atomic E-state index is -0.0985. The van der Waals surface area contributed by atoms with Crippen molar-refractivity contribution in [1.82, 2.24) is 9.55 Å². The summed E-state index contributed by atoms with van der Waals surface area (Å²) in [5, 5.41) is 3.70. The molecule has 0 unspecified atom stereocenters. The maximum absolute atomic E-state index is 12.9. The largest absolute Gasteiger partial charge is 0.326 e. The number of rotatable bonds is 4. The molecule has 0 fully saturated rings. The van der Waals surface area contributed by atoms with Gasteiger partial charge in [-0.3, -0.25) is 14.2 Å². The second-order valence-electron chi connectivity index (χ2n) is 6.89. The molecule has 2 aromatic heterocycles. The van der Waals surface area contributed by atoms with Crippen LogP contribution < -0.4 is 10.9 Å². The fourth-order valence-electron chi connectivity index (χ4n) is 3.54. The number of fused-ring (bicyclic) bond motifs is 3. The minimum Gasteiger partial charge on any atom is -0.326 e. The molecule has 1 aromatic carbocycles. The maximum atomic E-state index is 12.9. The number of benzene rings is 1. The van der Waals surface area contributed by atoms with E-state index >= 15 is 0 Å². The highest BCUT2D eigenvalue weighted by Crippen LogP contribution is 2.33. The lowest BCUT2D eigenvalue weighted by Gasteiger charge is -2.11. The number of nitrogens with zero attached hydrogens (tertiary/aromatic N) is 2. The number of anilines is 1. The van der Waals surface area contributed by atoms with Crippen LogP contribution >= 0.6 is 33.9 Å². The van der Waals surface area contributed by atoms with Gasteiger partial charge in [0, 0.05) is 27.1 Å². The summed E-state index contributed by atoms with van der Waals surface area (Å²) >= 11 is 3.90. The van der Waals surface area contributed by atoms with E-state index in [4.69, 9.17) is 0 Å². The smallest absolute Gasteiger partial charge is 0.262 e. The molecule has 0 saturated heterocycles. The number of hydrogen-bond donors (Lipinski definition) is 1. The standard InChI is InChI=1S/C20H20IN3O2S/c1-12-10-13(21)6-7-15(12)23-17(25)8-9-24-11-22-19-18(20(24)26)14-4-2-3-5-16(14)27-19/h6-7,10-11H,2-5,8-9H2,1H3,(H,23,25). The first kappa shape index (κ1) is 18.6. The molecule has 0 aliphatic heterocycles. The highest BCUT2D eigenvalue weighted by atomic mass is 127. The van der Waals surface area contributed by atoms with E-state index in [-0.39, 0.29) is 17.9 Å². The van der Waals surface area contributed by atoms with E-state index < -0.39 is 0 Å². The van der Waals surface area contributed by atoms with Crippen LogP contribution in [0.5, 0.6) is 0 Å². The first-order valence-electron chi connectivity index (χ1n) is 9.08. The van der Waals surface area contributed by atoms with Crippen molar-refractivity contribution in [1.29, 1.82) is 0 Å². The van der Waals surface area contributed by atoms with Gasteiger partial charge in [0.1, 0.15) is 4.83 Å². The second kappa shape index (κ2) is 7.71. The van der Waals surface area contributed by atoms with E-state index in [0.29, 0.717) is 6.54 Å². The Morgan fingerprint density at radius 2 is 2.15 bits per heavy atom. The highest BCUT2D eigenvalue weighted by molar-refractivity contribution is 14.1. The Morgan fingerprint density at radius 3 is 2.96 bits per heavy atom. The summed E-state index contributed by atoms with van der Waals surface area (Å²) in [6.07, 6.45) is 6.15. The molecular weight excluding hydrogens is 473 g/mol. The molecule has 4 rings (SSSR count). The topological polar surface area (TPSA) is 64.0 Å². The van der Waals surface area contributed by atoms with Crippen molar-refractivity contribution < 1.29 is 4.79 Å². The molecule has 1 aliphatic rings. The summed E-state index contributed by atoms with van der Waals surface area (Å²) in [7, 11) is 0. The molecule has 27 heavy (non-hydrogen) atoms. The number of thiophene rings is 1. The lowest BCUT2D eigenvalue weighted by Crippen LogP contribution is -2.24. The van der Waals surface area contributed by atoms with Gasteiger partial charge in [-0.25, -0.2) is 4.98 Å². The third kappa shape index (κ3) is 3.80. The zero-order valence-corrected chi connectivity index (χ0v) is 18.0. The zero-order valence-electron chi connectivity index (χ0n) is 15.0. The first-order chi connectivity index (χ1) is 13.0. The number of halogens is 1. The Labute approximate surface area is 175 Å². The summed E-state index contributed by atoms with van der Waals surface area (Å²) in [4.78, 5) is 31.9. The average molecular weight is 493 g/mol. The van der Waals surface area contributed by atoms with E-state index in [9.17, 15) is 9.59 Å². The van der Waals surface area contributed by atoms with E-state index in [1.807, 2.05) is 25.1 Å². The van der Waals surface area contributed by atoms with Crippen LogP contribution in [0.25, 0.3) is 10.2 Å². The summed E-state index contributed by atoms with van der Waals surface area (Å²) < 4.78 is 2.71. The Morgan fingerprint density at radius 1 is 1.33 bits per heavy atom. The van der Waals surface area contributed by atoms with E-state index in [1.165, 1.54) is 16.9 Å². The van der Waals surface area contributed by atoms with E-state index in [0.717, 1.165) is 44.3 Å². The van der Waals surface area contributed by atoms with Gasteiger partial charge in [0.2, 0.25) is 5.91 Å². The van der Waals surface area contributed by atoms with Crippen molar-refractivity contribution in [2.45, 2.75) is 45.6 Å². The molecule has 0 bridgehead atoms. The average Bonchev–Trinajstić information content (AvgIpc) is 3.03. The van der Waals surface area contributed by atoms with Crippen LogP contribution in [-0.4, -0.2) is 15.5 Å². The Hall–Kier alpha value is -1.74. The van der Waals surface area contributed by atoms with Gasteiger partial charge in [-0.2, -0.15) is 0 Å². The van der Waals surface area contributed by atoms with Crippen LogP contribution in [0.4, 0.5) is 5.69 Å². The van der Waals surface area contributed by atoms with Gasteiger partial charge in [0.05, 0.1) is 11.7 Å². The predicted molar refractivity (Wildman–Crippen MR) is 118 cm³/mol. The molecular formula is C20H20IN3O2S. The van der Waals surface area contributed by atoms with E-state index in [1.54, 1.807) is 22.2 Å². The van der Waals surface area contributed by atoms with Crippen LogP contribution in [0.15, 0.2) is 29.3 Å². The van der Waals surface area contributed by atoms with Crippen LogP contribution in [0.2, 0.25) is 0 Å². The molecule has 0 saturated carbocycles. The van der Waals surface area contributed by atoms with Gasteiger partial charge in [0.25, 0.3) is 5.56 Å². The van der Waals surface area contributed by atoms with Crippen molar-refractivity contribution in [3.8, 4) is 0 Å². The van der Waals surface area contributed by atoms with E-state index in [2.05, 4.69) is 32.9 Å². The lowest BCUT2D eigenvalue weighted by molar-refractivity contribution is -0.116. The number of aryl methyl sites for hydroxylation is 4.